The average molecular weight is 400 g/mol. The molecule has 2 aromatic rings. The molecule has 2 rings (SSSR count). The number of rotatable bonds is 8. The van der Waals surface area contributed by atoms with E-state index in [9.17, 15) is 24.0 Å². The summed E-state index contributed by atoms with van der Waals surface area (Å²) in [6.45, 7) is 6.12. The summed E-state index contributed by atoms with van der Waals surface area (Å²) in [5.41, 5.74) is -2.00. The second-order valence-electron chi connectivity index (χ2n) is 5.85. The number of methoxy groups -OCH3 is 1. The highest BCUT2D eigenvalue weighted by Gasteiger charge is 2.16. The maximum Gasteiger partial charge on any atom is 0.337 e. The van der Waals surface area contributed by atoms with Gasteiger partial charge in [0.25, 0.3) is 0 Å². The third-order valence-corrected chi connectivity index (χ3v) is 3.90. The fourth-order valence-corrected chi connectivity index (χ4v) is 2.54. The zero-order valence-corrected chi connectivity index (χ0v) is 15.8. The number of aromatic nitrogens is 3. The lowest BCUT2D eigenvalue weighted by molar-refractivity contribution is -0.116. The molecule has 0 unspecified atom stereocenters. The highest BCUT2D eigenvalue weighted by atomic mass is 16.5. The van der Waals surface area contributed by atoms with Crippen LogP contribution in [0.5, 0.6) is 0 Å². The summed E-state index contributed by atoms with van der Waals surface area (Å²) in [4.78, 5) is 61.1. The first-order valence-electron chi connectivity index (χ1n) is 8.48. The zero-order chi connectivity index (χ0) is 21.6. The normalized spacial score (nSPS) is 10.2. The minimum atomic E-state index is -0.920. The molecule has 10 heteroatoms. The SMILES string of the molecule is C=CCn1c(=O)n(CC=C)c(=O)n(CC(=O)Nc2ccc(C(=O)OC)cc2)c1=O. The van der Waals surface area contributed by atoms with Crippen molar-refractivity contribution in [2.24, 2.45) is 0 Å². The molecule has 152 valence electrons. The van der Waals surface area contributed by atoms with Gasteiger partial charge in [0.15, 0.2) is 0 Å². The number of hydrogen-bond donors (Lipinski definition) is 1. The van der Waals surface area contributed by atoms with Crippen molar-refractivity contribution in [2.45, 2.75) is 19.6 Å². The van der Waals surface area contributed by atoms with Crippen LogP contribution < -0.4 is 22.4 Å². The van der Waals surface area contributed by atoms with Gasteiger partial charge in [0.1, 0.15) is 6.54 Å². The minimum Gasteiger partial charge on any atom is -0.465 e. The molecule has 29 heavy (non-hydrogen) atoms. The van der Waals surface area contributed by atoms with Gasteiger partial charge in [-0.1, -0.05) is 12.2 Å². The molecule has 1 heterocycles. The molecule has 0 aliphatic rings. The molecule has 0 aliphatic heterocycles. The van der Waals surface area contributed by atoms with Crippen LogP contribution in [0.15, 0.2) is 64.0 Å². The number of carbonyl (C=O) groups is 2. The first kappa shape index (κ1) is 21.4. The molecule has 0 saturated heterocycles. The molecule has 1 amide bonds. The van der Waals surface area contributed by atoms with Gasteiger partial charge in [-0.2, -0.15) is 0 Å². The number of nitrogens with zero attached hydrogens (tertiary/aromatic N) is 3. The summed E-state index contributed by atoms with van der Waals surface area (Å²) in [6, 6.07) is 5.85. The Morgan fingerprint density at radius 3 is 1.86 bits per heavy atom. The summed E-state index contributed by atoms with van der Waals surface area (Å²) in [5.74, 6) is -1.19. The van der Waals surface area contributed by atoms with Gasteiger partial charge in [0.2, 0.25) is 5.91 Å². The van der Waals surface area contributed by atoms with Gasteiger partial charge in [-0.3, -0.25) is 4.79 Å². The number of ether oxygens (including phenoxy) is 1. The second-order valence-corrected chi connectivity index (χ2v) is 5.85. The lowest BCUT2D eigenvalue weighted by Crippen LogP contribution is -2.55. The van der Waals surface area contributed by atoms with E-state index in [4.69, 9.17) is 0 Å². The van der Waals surface area contributed by atoms with Crippen LogP contribution in [-0.4, -0.2) is 32.7 Å². The molecule has 10 nitrogen and oxygen atoms in total. The summed E-state index contributed by atoms with van der Waals surface area (Å²) in [5, 5.41) is 2.52. The van der Waals surface area contributed by atoms with Crippen molar-refractivity contribution in [2.75, 3.05) is 12.4 Å². The quantitative estimate of drug-likeness (QED) is 0.491. The Kier molecular flexibility index (Phi) is 6.85. The Labute approximate surface area is 165 Å². The van der Waals surface area contributed by atoms with E-state index in [2.05, 4.69) is 23.2 Å². The maximum absolute atomic E-state index is 12.5. The molecule has 1 aromatic heterocycles. The Hall–Kier alpha value is -3.95. The van der Waals surface area contributed by atoms with E-state index in [1.807, 2.05) is 0 Å². The first-order valence-corrected chi connectivity index (χ1v) is 8.48. The van der Waals surface area contributed by atoms with E-state index in [0.29, 0.717) is 15.8 Å². The fraction of sp³-hybridized carbons (Fsp3) is 0.211. The van der Waals surface area contributed by atoms with Gasteiger partial charge in [-0.15, -0.1) is 13.2 Å². The standard InChI is InChI=1S/C19H20N4O6/c1-4-10-21-17(26)22(11-5-2)19(28)23(18(21)27)12-15(24)20-14-8-6-13(7-9-14)16(25)29-3/h4-9H,1-2,10-12H2,3H3,(H,20,24). The van der Waals surface area contributed by atoms with E-state index >= 15 is 0 Å². The van der Waals surface area contributed by atoms with Crippen LogP contribution in [0.2, 0.25) is 0 Å². The summed E-state index contributed by atoms with van der Waals surface area (Å²) < 4.78 is 6.85. The van der Waals surface area contributed by atoms with E-state index in [1.54, 1.807) is 0 Å². The topological polar surface area (TPSA) is 121 Å². The van der Waals surface area contributed by atoms with Gasteiger partial charge in [0.05, 0.1) is 25.8 Å². The molecule has 0 fully saturated rings. The summed E-state index contributed by atoms with van der Waals surface area (Å²) in [6.07, 6.45) is 2.66. The predicted molar refractivity (Wildman–Crippen MR) is 106 cm³/mol. The van der Waals surface area contributed by atoms with Crippen molar-refractivity contribution < 1.29 is 14.3 Å². The number of esters is 1. The van der Waals surface area contributed by atoms with E-state index < -0.39 is 35.5 Å². The highest BCUT2D eigenvalue weighted by Crippen LogP contribution is 2.10. The lowest BCUT2D eigenvalue weighted by Gasteiger charge is -2.12. The van der Waals surface area contributed by atoms with Crippen molar-refractivity contribution in [3.05, 3.63) is 86.6 Å². The number of allylic oxidation sites excluding steroid dienone is 2. The Bertz CT molecular complexity index is 1070. The number of anilines is 1. The van der Waals surface area contributed by atoms with Crippen LogP contribution in [0.3, 0.4) is 0 Å². The Morgan fingerprint density at radius 1 is 0.931 bits per heavy atom. The number of hydrogen-bond acceptors (Lipinski definition) is 6. The van der Waals surface area contributed by atoms with Gasteiger partial charge < -0.3 is 10.1 Å². The van der Waals surface area contributed by atoms with Crippen molar-refractivity contribution in [1.82, 2.24) is 13.7 Å². The average Bonchev–Trinajstić information content (AvgIpc) is 2.71. The van der Waals surface area contributed by atoms with Gasteiger partial charge in [-0.05, 0) is 24.3 Å². The number of benzene rings is 1. The summed E-state index contributed by atoms with van der Waals surface area (Å²) >= 11 is 0. The molecule has 0 aliphatic carbocycles. The molecule has 1 N–H and O–H groups in total. The van der Waals surface area contributed by atoms with Gasteiger partial charge in [0, 0.05) is 5.69 Å². The monoisotopic (exact) mass is 400 g/mol. The van der Waals surface area contributed by atoms with Crippen molar-refractivity contribution in [1.29, 1.82) is 0 Å². The largest absolute Gasteiger partial charge is 0.465 e. The van der Waals surface area contributed by atoms with E-state index in [1.165, 1.54) is 43.5 Å². The van der Waals surface area contributed by atoms with Crippen LogP contribution in [0.1, 0.15) is 10.4 Å². The van der Waals surface area contributed by atoms with Crippen LogP contribution in [0.4, 0.5) is 5.69 Å². The Balaban J connectivity index is 2.34. The third-order valence-electron chi connectivity index (χ3n) is 3.90. The molecule has 1 aromatic carbocycles. The smallest absolute Gasteiger partial charge is 0.337 e. The molecule has 0 spiro atoms. The highest BCUT2D eigenvalue weighted by molar-refractivity contribution is 5.92. The molecular formula is C19H20N4O6. The maximum atomic E-state index is 12.5. The molecule has 0 radical (unpaired) electrons. The van der Waals surface area contributed by atoms with Gasteiger partial charge >= 0.3 is 23.0 Å². The number of amides is 1. The van der Waals surface area contributed by atoms with E-state index in [-0.39, 0.29) is 13.1 Å². The predicted octanol–water partition coefficient (Wildman–Crippen LogP) is -0.0310. The lowest BCUT2D eigenvalue weighted by atomic mass is 10.2. The number of nitrogens with one attached hydrogen (secondary N) is 1. The van der Waals surface area contributed by atoms with Crippen molar-refractivity contribution >= 4 is 17.6 Å². The minimum absolute atomic E-state index is 0.119. The summed E-state index contributed by atoms with van der Waals surface area (Å²) in [7, 11) is 1.25. The second kappa shape index (κ2) is 9.31. The Morgan fingerprint density at radius 2 is 1.41 bits per heavy atom. The molecule has 0 atom stereocenters. The number of carbonyl (C=O) groups excluding carboxylic acids is 2. The van der Waals surface area contributed by atoms with Crippen molar-refractivity contribution in [3.63, 3.8) is 0 Å². The zero-order valence-electron chi connectivity index (χ0n) is 15.8. The van der Waals surface area contributed by atoms with Gasteiger partial charge in [-0.25, -0.2) is 32.9 Å². The first-order chi connectivity index (χ1) is 13.8. The molecular weight excluding hydrogens is 380 g/mol. The van der Waals surface area contributed by atoms with Crippen LogP contribution in [0, 0.1) is 0 Å². The fourth-order valence-electron chi connectivity index (χ4n) is 2.54. The molecule has 0 saturated carbocycles. The van der Waals surface area contributed by atoms with Crippen LogP contribution in [0.25, 0.3) is 0 Å². The molecule has 0 bridgehead atoms. The third kappa shape index (κ3) is 4.67. The van der Waals surface area contributed by atoms with Crippen LogP contribution in [-0.2, 0) is 29.2 Å². The van der Waals surface area contributed by atoms with Crippen molar-refractivity contribution in [3.8, 4) is 0 Å². The van der Waals surface area contributed by atoms with Crippen LogP contribution >= 0.6 is 0 Å². The van der Waals surface area contributed by atoms with E-state index in [0.717, 1.165) is 9.13 Å².